The van der Waals surface area contributed by atoms with Crippen molar-refractivity contribution in [2.24, 2.45) is 5.92 Å². The molecule has 1 saturated heterocycles. The standard InChI is InChI=1S/C27H50N6O10/c1-4-28(16-23(34)35)5-6-29-7-9-31(17-24(36)37)13-11-30(12-14-32(10-8-29)18-25(38)39)15-22(21(2)3)33(19-26(40)41)20-27(42)43/h21-22H,4-20H2,1-3H3,(H,34,35)(H,36,37)(H,38,39)(H,40,41)(H,42,43). The van der Waals surface area contributed by atoms with Crippen LogP contribution in [0.25, 0.3) is 0 Å². The van der Waals surface area contributed by atoms with Crippen molar-refractivity contribution < 1.29 is 49.5 Å². The molecule has 248 valence electrons. The second kappa shape index (κ2) is 20.1. The minimum atomic E-state index is -1.14. The van der Waals surface area contributed by atoms with Crippen LogP contribution in [0.1, 0.15) is 20.8 Å². The van der Waals surface area contributed by atoms with E-state index >= 15 is 0 Å². The van der Waals surface area contributed by atoms with Crippen molar-refractivity contribution in [1.29, 1.82) is 0 Å². The minimum Gasteiger partial charge on any atom is -0.480 e. The zero-order valence-electron chi connectivity index (χ0n) is 25.6. The molecule has 0 saturated carbocycles. The Hall–Kier alpha value is -2.89. The number of nitrogens with zero attached hydrogens (tertiary/aromatic N) is 6. The minimum absolute atomic E-state index is 0.0931. The van der Waals surface area contributed by atoms with Crippen LogP contribution in [0.5, 0.6) is 0 Å². The van der Waals surface area contributed by atoms with Crippen LogP contribution in [0, 0.1) is 5.92 Å². The Morgan fingerprint density at radius 3 is 1.35 bits per heavy atom. The molecule has 16 nitrogen and oxygen atoms in total. The van der Waals surface area contributed by atoms with Crippen molar-refractivity contribution in [3.05, 3.63) is 0 Å². The second-order valence-corrected chi connectivity index (χ2v) is 11.2. The van der Waals surface area contributed by atoms with Gasteiger partial charge in [-0.1, -0.05) is 20.8 Å². The quantitative estimate of drug-likeness (QED) is 0.116. The van der Waals surface area contributed by atoms with E-state index in [1.54, 1.807) is 4.90 Å². The summed E-state index contributed by atoms with van der Waals surface area (Å²) in [6, 6.07) is -0.427. The van der Waals surface area contributed by atoms with E-state index in [1.807, 2.05) is 35.5 Å². The summed E-state index contributed by atoms with van der Waals surface area (Å²) in [4.78, 5) is 68.5. The predicted molar refractivity (Wildman–Crippen MR) is 156 cm³/mol. The SMILES string of the molecule is CCN(CCN1CCN(CC(=O)O)CCN(CC(C(C)C)N(CC(=O)O)CC(=O)O)CCN(CC(=O)O)CC1)CC(=O)O. The van der Waals surface area contributed by atoms with Gasteiger partial charge < -0.3 is 25.5 Å². The normalized spacial score (nSPS) is 17.9. The first kappa shape index (κ1) is 38.1. The van der Waals surface area contributed by atoms with Gasteiger partial charge in [0, 0.05) is 78.0 Å². The summed E-state index contributed by atoms with van der Waals surface area (Å²) in [5.74, 6) is -5.26. The van der Waals surface area contributed by atoms with Crippen LogP contribution in [0.4, 0.5) is 0 Å². The third-order valence-electron chi connectivity index (χ3n) is 7.55. The van der Waals surface area contributed by atoms with E-state index in [0.717, 1.165) is 0 Å². The molecule has 1 unspecified atom stereocenters. The van der Waals surface area contributed by atoms with Gasteiger partial charge in [-0.05, 0) is 12.5 Å². The van der Waals surface area contributed by atoms with Crippen molar-refractivity contribution >= 4 is 29.8 Å². The van der Waals surface area contributed by atoms with Gasteiger partial charge in [-0.2, -0.15) is 0 Å². The van der Waals surface area contributed by atoms with Crippen LogP contribution in [0.3, 0.4) is 0 Å². The maximum absolute atomic E-state index is 11.7. The summed E-state index contributed by atoms with van der Waals surface area (Å²) >= 11 is 0. The summed E-state index contributed by atoms with van der Waals surface area (Å²) in [6.07, 6.45) is 0. The number of hydrogen-bond donors (Lipinski definition) is 5. The molecule has 0 radical (unpaired) electrons. The first-order valence-electron chi connectivity index (χ1n) is 14.6. The van der Waals surface area contributed by atoms with E-state index in [1.165, 1.54) is 4.90 Å². The number of likely N-dealkylation sites (N-methyl/N-ethyl adjacent to an activating group) is 1. The Labute approximate surface area is 253 Å². The van der Waals surface area contributed by atoms with Crippen molar-refractivity contribution in [2.45, 2.75) is 26.8 Å². The van der Waals surface area contributed by atoms with E-state index < -0.39 is 49.0 Å². The number of carboxylic acid groups (broad SMARTS) is 5. The molecule has 43 heavy (non-hydrogen) atoms. The van der Waals surface area contributed by atoms with Crippen LogP contribution in [-0.4, -0.2) is 202 Å². The lowest BCUT2D eigenvalue weighted by Gasteiger charge is -2.38. The zero-order valence-corrected chi connectivity index (χ0v) is 25.6. The van der Waals surface area contributed by atoms with Crippen molar-refractivity contribution in [2.75, 3.05) is 111 Å². The van der Waals surface area contributed by atoms with E-state index in [9.17, 15) is 49.5 Å². The highest BCUT2D eigenvalue weighted by molar-refractivity contribution is 5.72. The summed E-state index contributed by atoms with van der Waals surface area (Å²) < 4.78 is 0. The molecule has 1 heterocycles. The van der Waals surface area contributed by atoms with Gasteiger partial charge in [0.25, 0.3) is 0 Å². The Balaban J connectivity index is 3.19. The number of carboxylic acids is 5. The monoisotopic (exact) mass is 618 g/mol. The van der Waals surface area contributed by atoms with Crippen molar-refractivity contribution in [3.8, 4) is 0 Å². The maximum atomic E-state index is 11.7. The third kappa shape index (κ3) is 17.1. The van der Waals surface area contributed by atoms with Crippen LogP contribution >= 0.6 is 0 Å². The van der Waals surface area contributed by atoms with E-state index in [2.05, 4.69) is 4.90 Å². The molecule has 1 aliphatic rings. The first-order chi connectivity index (χ1) is 20.2. The Morgan fingerprint density at radius 1 is 0.605 bits per heavy atom. The molecular formula is C27H50N6O10. The molecular weight excluding hydrogens is 568 g/mol. The molecule has 1 aliphatic heterocycles. The zero-order chi connectivity index (χ0) is 32.5. The Bertz CT molecular complexity index is 859. The molecule has 0 aromatic rings. The third-order valence-corrected chi connectivity index (χ3v) is 7.55. The number of hydrogen-bond acceptors (Lipinski definition) is 11. The largest absolute Gasteiger partial charge is 0.480 e. The second-order valence-electron chi connectivity index (χ2n) is 11.2. The molecule has 1 rings (SSSR count). The summed E-state index contributed by atoms with van der Waals surface area (Å²) in [5.41, 5.74) is 0. The predicted octanol–water partition coefficient (Wildman–Crippen LogP) is -1.72. The molecule has 1 atom stereocenters. The number of aliphatic carboxylic acids is 5. The summed E-state index contributed by atoms with van der Waals surface area (Å²) in [7, 11) is 0. The molecule has 1 fully saturated rings. The molecule has 0 amide bonds. The summed E-state index contributed by atoms with van der Waals surface area (Å²) in [5, 5.41) is 47.1. The van der Waals surface area contributed by atoms with Gasteiger partial charge in [-0.3, -0.25) is 53.4 Å². The van der Waals surface area contributed by atoms with Gasteiger partial charge in [0.2, 0.25) is 0 Å². The van der Waals surface area contributed by atoms with Crippen LogP contribution in [0.15, 0.2) is 0 Å². The highest BCUT2D eigenvalue weighted by atomic mass is 16.4. The fourth-order valence-electron chi connectivity index (χ4n) is 5.16. The lowest BCUT2D eigenvalue weighted by molar-refractivity contribution is -0.144. The van der Waals surface area contributed by atoms with Gasteiger partial charge in [0.05, 0.1) is 32.7 Å². The first-order valence-corrected chi connectivity index (χ1v) is 14.6. The molecule has 0 bridgehead atoms. The van der Waals surface area contributed by atoms with Crippen LogP contribution < -0.4 is 0 Å². The van der Waals surface area contributed by atoms with Crippen LogP contribution in [0.2, 0.25) is 0 Å². The van der Waals surface area contributed by atoms with E-state index in [4.69, 9.17) is 0 Å². The summed E-state index contributed by atoms with van der Waals surface area (Å²) in [6.45, 7) is 9.59. The van der Waals surface area contributed by atoms with Gasteiger partial charge in [0.15, 0.2) is 0 Å². The van der Waals surface area contributed by atoms with Crippen LogP contribution in [-0.2, 0) is 24.0 Å². The molecule has 5 N–H and O–H groups in total. The Morgan fingerprint density at radius 2 is 1.00 bits per heavy atom. The highest BCUT2D eigenvalue weighted by Crippen LogP contribution is 2.14. The lowest BCUT2D eigenvalue weighted by Crippen LogP contribution is -2.53. The molecule has 16 heteroatoms. The fraction of sp³-hybridized carbons (Fsp3) is 0.815. The van der Waals surface area contributed by atoms with Gasteiger partial charge >= 0.3 is 29.8 Å². The maximum Gasteiger partial charge on any atom is 0.317 e. The smallest absolute Gasteiger partial charge is 0.317 e. The topological polar surface area (TPSA) is 206 Å². The average Bonchev–Trinajstić information content (AvgIpc) is 2.87. The highest BCUT2D eigenvalue weighted by Gasteiger charge is 2.29. The Kier molecular flexibility index (Phi) is 17.9. The van der Waals surface area contributed by atoms with Crippen molar-refractivity contribution in [3.63, 3.8) is 0 Å². The number of carbonyl (C=O) groups is 5. The van der Waals surface area contributed by atoms with Gasteiger partial charge in [-0.15, -0.1) is 0 Å². The molecule has 0 aromatic carbocycles. The lowest BCUT2D eigenvalue weighted by atomic mass is 10.0. The average molecular weight is 619 g/mol. The molecule has 0 spiro atoms. The molecule has 0 aromatic heterocycles. The fourth-order valence-corrected chi connectivity index (χ4v) is 5.16. The van der Waals surface area contributed by atoms with Gasteiger partial charge in [-0.25, -0.2) is 0 Å². The van der Waals surface area contributed by atoms with E-state index in [-0.39, 0.29) is 25.6 Å². The number of rotatable bonds is 18. The molecule has 0 aliphatic carbocycles. The van der Waals surface area contributed by atoms with Gasteiger partial charge in [0.1, 0.15) is 0 Å². The van der Waals surface area contributed by atoms with Crippen molar-refractivity contribution in [1.82, 2.24) is 29.4 Å². The van der Waals surface area contributed by atoms with E-state index in [0.29, 0.717) is 78.5 Å².